The fourth-order valence-electron chi connectivity index (χ4n) is 3.15. The fraction of sp³-hybridized carbons (Fsp3) is 0.125. The largest absolute Gasteiger partial charge is 0.467 e. The SMILES string of the molecule is C=CCn1c(SCc2ccc(Cl)cc2)nc2cc(C(=O)NCc3ccco3)ccc2c1=O. The highest BCUT2D eigenvalue weighted by Crippen LogP contribution is 2.23. The van der Waals surface area contributed by atoms with Crippen LogP contribution in [0.1, 0.15) is 21.7 Å². The number of carbonyl (C=O) groups is 1. The van der Waals surface area contributed by atoms with E-state index in [0.29, 0.717) is 44.7 Å². The smallest absolute Gasteiger partial charge is 0.262 e. The molecule has 0 saturated carbocycles. The summed E-state index contributed by atoms with van der Waals surface area (Å²) in [7, 11) is 0. The molecule has 8 heteroatoms. The molecule has 0 spiro atoms. The third kappa shape index (κ3) is 4.95. The second-order valence-corrected chi connectivity index (χ2v) is 8.39. The van der Waals surface area contributed by atoms with E-state index in [1.165, 1.54) is 11.8 Å². The van der Waals surface area contributed by atoms with Gasteiger partial charge in [-0.25, -0.2) is 4.98 Å². The summed E-state index contributed by atoms with van der Waals surface area (Å²) in [4.78, 5) is 30.4. The predicted octanol–water partition coefficient (Wildman–Crippen LogP) is 5.05. The maximum absolute atomic E-state index is 13.1. The van der Waals surface area contributed by atoms with Gasteiger partial charge in [0.2, 0.25) is 0 Å². The number of hydrogen-bond donors (Lipinski definition) is 1. The Kier molecular flexibility index (Phi) is 6.78. The highest BCUT2D eigenvalue weighted by Gasteiger charge is 2.14. The number of allylic oxidation sites excluding steroid dienone is 1. The molecule has 4 aromatic rings. The van der Waals surface area contributed by atoms with E-state index in [0.717, 1.165) is 5.56 Å². The number of fused-ring (bicyclic) bond motifs is 1. The average Bonchev–Trinajstić information content (AvgIpc) is 3.32. The monoisotopic (exact) mass is 465 g/mol. The number of halogens is 1. The first-order valence-corrected chi connectivity index (χ1v) is 11.2. The Morgan fingerprint density at radius 2 is 2.03 bits per heavy atom. The Morgan fingerprint density at radius 3 is 2.75 bits per heavy atom. The lowest BCUT2D eigenvalue weighted by Crippen LogP contribution is -2.24. The zero-order valence-electron chi connectivity index (χ0n) is 17.1. The van der Waals surface area contributed by atoms with Gasteiger partial charge in [0, 0.05) is 22.9 Å². The summed E-state index contributed by atoms with van der Waals surface area (Å²) in [6.07, 6.45) is 3.22. The van der Waals surface area contributed by atoms with Crippen molar-refractivity contribution in [2.75, 3.05) is 0 Å². The standard InChI is InChI=1S/C24H20ClN3O3S/c1-2-11-28-23(30)20-10-7-17(22(29)26-14-19-4-3-12-31-19)13-21(20)27-24(28)32-15-16-5-8-18(25)9-6-16/h2-10,12-13H,1,11,14-15H2,(H,26,29). The van der Waals surface area contributed by atoms with Crippen molar-refractivity contribution in [1.29, 1.82) is 0 Å². The summed E-state index contributed by atoms with van der Waals surface area (Å²) in [6, 6.07) is 16.0. The molecule has 0 fully saturated rings. The zero-order valence-corrected chi connectivity index (χ0v) is 18.7. The fourth-order valence-corrected chi connectivity index (χ4v) is 4.24. The van der Waals surface area contributed by atoms with Crippen LogP contribution in [0.5, 0.6) is 0 Å². The molecule has 0 bridgehead atoms. The number of carbonyl (C=O) groups excluding carboxylic acids is 1. The molecule has 4 rings (SSSR count). The van der Waals surface area contributed by atoms with Crippen LogP contribution >= 0.6 is 23.4 Å². The first-order valence-electron chi connectivity index (χ1n) is 9.88. The third-order valence-electron chi connectivity index (χ3n) is 4.78. The van der Waals surface area contributed by atoms with Crippen molar-refractivity contribution < 1.29 is 9.21 Å². The van der Waals surface area contributed by atoms with Crippen LogP contribution in [0.15, 0.2) is 87.9 Å². The molecule has 0 atom stereocenters. The van der Waals surface area contributed by atoms with E-state index >= 15 is 0 Å². The number of nitrogens with zero attached hydrogens (tertiary/aromatic N) is 2. The van der Waals surface area contributed by atoms with Crippen molar-refractivity contribution in [3.05, 3.63) is 106 Å². The van der Waals surface area contributed by atoms with Gasteiger partial charge in [0.05, 0.1) is 23.7 Å². The summed E-state index contributed by atoms with van der Waals surface area (Å²) < 4.78 is 6.83. The first kappa shape index (κ1) is 21.9. The predicted molar refractivity (Wildman–Crippen MR) is 127 cm³/mol. The maximum atomic E-state index is 13.1. The summed E-state index contributed by atoms with van der Waals surface area (Å²) in [5, 5.41) is 4.49. The second-order valence-electron chi connectivity index (χ2n) is 7.01. The maximum Gasteiger partial charge on any atom is 0.262 e. The molecule has 0 saturated heterocycles. The van der Waals surface area contributed by atoms with Gasteiger partial charge in [0.1, 0.15) is 5.76 Å². The third-order valence-corrected chi connectivity index (χ3v) is 6.08. The molecule has 6 nitrogen and oxygen atoms in total. The van der Waals surface area contributed by atoms with Gasteiger partial charge in [0.15, 0.2) is 5.16 Å². The van der Waals surface area contributed by atoms with Gasteiger partial charge in [-0.15, -0.1) is 6.58 Å². The molecule has 1 amide bonds. The molecule has 0 unspecified atom stereocenters. The van der Waals surface area contributed by atoms with E-state index in [-0.39, 0.29) is 18.0 Å². The molecular weight excluding hydrogens is 446 g/mol. The number of aromatic nitrogens is 2. The number of hydrogen-bond acceptors (Lipinski definition) is 5. The lowest BCUT2D eigenvalue weighted by molar-refractivity contribution is 0.0948. The number of nitrogens with one attached hydrogen (secondary N) is 1. The van der Waals surface area contributed by atoms with Gasteiger partial charge in [-0.3, -0.25) is 14.2 Å². The summed E-state index contributed by atoms with van der Waals surface area (Å²) in [5.74, 6) is 1.01. The van der Waals surface area contributed by atoms with Crippen molar-refractivity contribution in [3.8, 4) is 0 Å². The van der Waals surface area contributed by atoms with Crippen molar-refractivity contribution in [3.63, 3.8) is 0 Å². The highest BCUT2D eigenvalue weighted by atomic mass is 35.5. The summed E-state index contributed by atoms with van der Waals surface area (Å²) in [5.41, 5.74) is 1.78. The second kappa shape index (κ2) is 9.89. The topological polar surface area (TPSA) is 77.1 Å². The molecule has 0 radical (unpaired) electrons. The molecule has 2 heterocycles. The summed E-state index contributed by atoms with van der Waals surface area (Å²) >= 11 is 7.41. The Bertz CT molecular complexity index is 1320. The molecule has 0 aliphatic heterocycles. The van der Waals surface area contributed by atoms with Crippen molar-refractivity contribution >= 4 is 40.2 Å². The van der Waals surface area contributed by atoms with E-state index in [1.54, 1.807) is 47.2 Å². The van der Waals surface area contributed by atoms with E-state index in [4.69, 9.17) is 21.0 Å². The van der Waals surface area contributed by atoms with E-state index in [1.807, 2.05) is 24.3 Å². The first-order chi connectivity index (χ1) is 15.5. The van der Waals surface area contributed by atoms with Gasteiger partial charge in [-0.1, -0.05) is 41.6 Å². The van der Waals surface area contributed by atoms with Crippen molar-refractivity contribution in [2.24, 2.45) is 0 Å². The summed E-state index contributed by atoms with van der Waals surface area (Å²) in [6.45, 7) is 4.37. The lowest BCUT2D eigenvalue weighted by Gasteiger charge is -2.12. The minimum Gasteiger partial charge on any atom is -0.467 e. The van der Waals surface area contributed by atoms with Crippen LogP contribution in [0.2, 0.25) is 5.02 Å². The lowest BCUT2D eigenvalue weighted by atomic mass is 10.1. The van der Waals surface area contributed by atoms with Crippen LogP contribution in [0.25, 0.3) is 10.9 Å². The molecule has 32 heavy (non-hydrogen) atoms. The zero-order chi connectivity index (χ0) is 22.5. The number of furan rings is 1. The number of amides is 1. The molecule has 2 aromatic carbocycles. The highest BCUT2D eigenvalue weighted by molar-refractivity contribution is 7.98. The van der Waals surface area contributed by atoms with Crippen LogP contribution in [-0.2, 0) is 18.8 Å². The molecule has 162 valence electrons. The molecule has 0 aliphatic rings. The molecule has 0 aliphatic carbocycles. The molecule has 1 N–H and O–H groups in total. The Hall–Kier alpha value is -3.29. The Balaban J connectivity index is 1.62. The van der Waals surface area contributed by atoms with Crippen LogP contribution in [0.4, 0.5) is 0 Å². The normalized spacial score (nSPS) is 10.9. The minimum absolute atomic E-state index is 0.170. The quantitative estimate of drug-likeness (QED) is 0.224. The van der Waals surface area contributed by atoms with Crippen LogP contribution < -0.4 is 10.9 Å². The average molecular weight is 466 g/mol. The Labute approximate surface area is 193 Å². The number of thioether (sulfide) groups is 1. The number of benzene rings is 2. The van der Waals surface area contributed by atoms with E-state index in [9.17, 15) is 9.59 Å². The van der Waals surface area contributed by atoms with E-state index in [2.05, 4.69) is 11.9 Å². The van der Waals surface area contributed by atoms with Crippen LogP contribution in [0, 0.1) is 0 Å². The van der Waals surface area contributed by atoms with E-state index < -0.39 is 0 Å². The van der Waals surface area contributed by atoms with Gasteiger partial charge in [-0.2, -0.15) is 0 Å². The van der Waals surface area contributed by atoms with Crippen LogP contribution in [0.3, 0.4) is 0 Å². The number of rotatable bonds is 8. The Morgan fingerprint density at radius 1 is 1.22 bits per heavy atom. The molecular formula is C24H20ClN3O3S. The van der Waals surface area contributed by atoms with Gasteiger partial charge in [-0.05, 0) is 48.0 Å². The van der Waals surface area contributed by atoms with Gasteiger partial charge in [0.25, 0.3) is 11.5 Å². The molecule has 2 aromatic heterocycles. The van der Waals surface area contributed by atoms with Crippen LogP contribution in [-0.4, -0.2) is 15.5 Å². The van der Waals surface area contributed by atoms with Crippen molar-refractivity contribution in [2.45, 2.75) is 24.0 Å². The van der Waals surface area contributed by atoms with Gasteiger partial charge < -0.3 is 9.73 Å². The van der Waals surface area contributed by atoms with Crippen molar-refractivity contribution in [1.82, 2.24) is 14.9 Å². The minimum atomic E-state index is -0.268. The van der Waals surface area contributed by atoms with Gasteiger partial charge >= 0.3 is 0 Å².